The Morgan fingerprint density at radius 1 is 1.00 bits per heavy atom. The van der Waals surface area contributed by atoms with Crippen LogP contribution in [0.5, 0.6) is 0 Å². The van der Waals surface area contributed by atoms with Gasteiger partial charge < -0.3 is 5.11 Å². The van der Waals surface area contributed by atoms with Gasteiger partial charge in [-0.2, -0.15) is 0 Å². The lowest BCUT2D eigenvalue weighted by Gasteiger charge is -2.12. The summed E-state index contributed by atoms with van der Waals surface area (Å²) in [6.45, 7) is 0. The SMILES string of the molecule is O=C(O)c1cccc(CCc2ccccc2NS(=O)(=O)c2cccs2)c1. The maximum absolute atomic E-state index is 12.4. The van der Waals surface area contributed by atoms with Crippen LogP contribution in [0.3, 0.4) is 0 Å². The van der Waals surface area contributed by atoms with Gasteiger partial charge in [0.1, 0.15) is 4.21 Å². The molecule has 134 valence electrons. The highest BCUT2D eigenvalue weighted by Crippen LogP contribution is 2.24. The number of sulfonamides is 1. The van der Waals surface area contributed by atoms with Gasteiger partial charge in [0.25, 0.3) is 10.0 Å². The summed E-state index contributed by atoms with van der Waals surface area (Å²) in [5, 5.41) is 10.8. The fraction of sp³-hybridized carbons (Fsp3) is 0.105. The predicted octanol–water partition coefficient (Wildman–Crippen LogP) is 4.03. The molecular formula is C19H17NO4S2. The lowest BCUT2D eigenvalue weighted by Crippen LogP contribution is -2.13. The van der Waals surface area contributed by atoms with Crippen LogP contribution in [0.2, 0.25) is 0 Å². The van der Waals surface area contributed by atoms with Gasteiger partial charge in [-0.3, -0.25) is 4.72 Å². The van der Waals surface area contributed by atoms with Gasteiger partial charge in [-0.15, -0.1) is 11.3 Å². The zero-order chi connectivity index (χ0) is 18.6. The van der Waals surface area contributed by atoms with E-state index in [0.717, 1.165) is 22.5 Å². The molecule has 0 aliphatic heterocycles. The maximum atomic E-state index is 12.4. The normalized spacial score (nSPS) is 11.2. The first-order chi connectivity index (χ1) is 12.5. The van der Waals surface area contributed by atoms with E-state index in [-0.39, 0.29) is 9.77 Å². The molecule has 0 amide bonds. The van der Waals surface area contributed by atoms with E-state index >= 15 is 0 Å². The monoisotopic (exact) mass is 387 g/mol. The number of carboxylic acids is 1. The van der Waals surface area contributed by atoms with Crippen molar-refractivity contribution >= 4 is 33.0 Å². The summed E-state index contributed by atoms with van der Waals surface area (Å²) in [4.78, 5) is 11.1. The van der Waals surface area contributed by atoms with Gasteiger partial charge in [0.05, 0.1) is 11.3 Å². The minimum absolute atomic E-state index is 0.245. The van der Waals surface area contributed by atoms with Gasteiger partial charge >= 0.3 is 5.97 Å². The van der Waals surface area contributed by atoms with E-state index in [0.29, 0.717) is 18.5 Å². The second-order valence-electron chi connectivity index (χ2n) is 5.70. The molecule has 0 aliphatic rings. The number of carboxylic acid groups (broad SMARTS) is 1. The van der Waals surface area contributed by atoms with Crippen molar-refractivity contribution in [3.8, 4) is 0 Å². The average molecular weight is 387 g/mol. The van der Waals surface area contributed by atoms with E-state index in [9.17, 15) is 13.2 Å². The number of hydrogen-bond donors (Lipinski definition) is 2. The average Bonchev–Trinajstić information content (AvgIpc) is 3.17. The van der Waals surface area contributed by atoms with Crippen LogP contribution in [0, 0.1) is 0 Å². The zero-order valence-electron chi connectivity index (χ0n) is 13.8. The van der Waals surface area contributed by atoms with Crippen molar-refractivity contribution in [1.29, 1.82) is 0 Å². The second-order valence-corrected chi connectivity index (χ2v) is 8.56. The second kappa shape index (κ2) is 7.72. The van der Waals surface area contributed by atoms with Crippen molar-refractivity contribution in [2.24, 2.45) is 0 Å². The highest BCUT2D eigenvalue weighted by atomic mass is 32.2. The quantitative estimate of drug-likeness (QED) is 0.641. The molecule has 5 nitrogen and oxygen atoms in total. The largest absolute Gasteiger partial charge is 0.478 e. The standard InChI is InChI=1S/C19H17NO4S2/c21-19(22)16-7-3-5-14(13-16)10-11-15-6-1-2-8-17(15)20-26(23,24)18-9-4-12-25-18/h1-9,12-13,20H,10-11H2,(H,21,22). The number of carbonyl (C=O) groups is 1. The van der Waals surface area contributed by atoms with Crippen molar-refractivity contribution in [3.63, 3.8) is 0 Å². The number of para-hydroxylation sites is 1. The van der Waals surface area contributed by atoms with Gasteiger partial charge in [-0.25, -0.2) is 13.2 Å². The highest BCUT2D eigenvalue weighted by molar-refractivity contribution is 7.94. The van der Waals surface area contributed by atoms with Crippen LogP contribution in [-0.2, 0) is 22.9 Å². The molecule has 3 aromatic rings. The van der Waals surface area contributed by atoms with Crippen molar-refractivity contribution in [2.45, 2.75) is 17.1 Å². The smallest absolute Gasteiger partial charge is 0.335 e. The van der Waals surface area contributed by atoms with E-state index in [1.165, 1.54) is 0 Å². The molecule has 1 heterocycles. The Balaban J connectivity index is 1.78. The molecule has 3 rings (SSSR count). The Kier molecular flexibility index (Phi) is 5.39. The molecule has 0 fully saturated rings. The van der Waals surface area contributed by atoms with E-state index in [1.807, 2.05) is 18.2 Å². The van der Waals surface area contributed by atoms with E-state index in [2.05, 4.69) is 4.72 Å². The number of nitrogens with one attached hydrogen (secondary N) is 1. The van der Waals surface area contributed by atoms with Crippen LogP contribution >= 0.6 is 11.3 Å². The number of benzene rings is 2. The van der Waals surface area contributed by atoms with Crippen molar-refractivity contribution < 1.29 is 18.3 Å². The highest BCUT2D eigenvalue weighted by Gasteiger charge is 2.16. The Hall–Kier alpha value is -2.64. The van der Waals surface area contributed by atoms with E-state index in [4.69, 9.17) is 5.11 Å². The summed E-state index contributed by atoms with van der Waals surface area (Å²) in [5.74, 6) is -0.962. The minimum Gasteiger partial charge on any atom is -0.478 e. The van der Waals surface area contributed by atoms with Gasteiger partial charge in [0.15, 0.2) is 0 Å². The Labute approximate surface area is 156 Å². The summed E-state index contributed by atoms with van der Waals surface area (Å²) < 4.78 is 27.8. The topological polar surface area (TPSA) is 83.5 Å². The lowest BCUT2D eigenvalue weighted by atomic mass is 10.0. The first-order valence-electron chi connectivity index (χ1n) is 7.92. The number of aromatic carboxylic acids is 1. The summed E-state index contributed by atoms with van der Waals surface area (Å²) in [5.41, 5.74) is 2.53. The molecule has 0 unspecified atom stereocenters. The number of thiophene rings is 1. The van der Waals surface area contributed by atoms with Crippen LogP contribution in [0.25, 0.3) is 0 Å². The van der Waals surface area contributed by atoms with Gasteiger partial charge in [-0.1, -0.05) is 36.4 Å². The Morgan fingerprint density at radius 3 is 2.54 bits per heavy atom. The molecule has 0 saturated heterocycles. The van der Waals surface area contributed by atoms with Crippen molar-refractivity contribution in [2.75, 3.05) is 4.72 Å². The van der Waals surface area contributed by atoms with Crippen LogP contribution in [0.4, 0.5) is 5.69 Å². The maximum Gasteiger partial charge on any atom is 0.335 e. The molecule has 0 radical (unpaired) electrons. The molecule has 0 bridgehead atoms. The third-order valence-corrected chi connectivity index (χ3v) is 6.64. The van der Waals surface area contributed by atoms with Gasteiger partial charge in [-0.05, 0) is 53.6 Å². The first-order valence-corrected chi connectivity index (χ1v) is 10.3. The zero-order valence-corrected chi connectivity index (χ0v) is 15.4. The lowest BCUT2D eigenvalue weighted by molar-refractivity contribution is 0.0696. The van der Waals surface area contributed by atoms with Crippen LogP contribution < -0.4 is 4.72 Å². The summed E-state index contributed by atoms with van der Waals surface area (Å²) in [6, 6.07) is 17.3. The fourth-order valence-corrected chi connectivity index (χ4v) is 4.68. The number of anilines is 1. The molecule has 1 aromatic heterocycles. The van der Waals surface area contributed by atoms with Crippen molar-refractivity contribution in [3.05, 3.63) is 82.7 Å². The van der Waals surface area contributed by atoms with Crippen molar-refractivity contribution in [1.82, 2.24) is 0 Å². The molecule has 0 atom stereocenters. The third kappa shape index (κ3) is 4.30. The predicted molar refractivity (Wildman–Crippen MR) is 102 cm³/mol. The van der Waals surface area contributed by atoms with Gasteiger partial charge in [0.2, 0.25) is 0 Å². The molecule has 26 heavy (non-hydrogen) atoms. The molecular weight excluding hydrogens is 370 g/mol. The molecule has 0 spiro atoms. The number of rotatable bonds is 7. The summed E-state index contributed by atoms with van der Waals surface area (Å²) in [7, 11) is -3.60. The molecule has 0 saturated carbocycles. The van der Waals surface area contributed by atoms with E-state index in [1.54, 1.807) is 47.8 Å². The molecule has 0 aliphatic carbocycles. The first kappa shape index (κ1) is 18.2. The number of aryl methyl sites for hydroxylation is 2. The number of hydrogen-bond acceptors (Lipinski definition) is 4. The van der Waals surface area contributed by atoms with Gasteiger partial charge in [0, 0.05) is 0 Å². The fourth-order valence-electron chi connectivity index (χ4n) is 2.59. The summed E-state index contributed by atoms with van der Waals surface area (Å²) >= 11 is 1.16. The van der Waals surface area contributed by atoms with Crippen LogP contribution in [0.15, 0.2) is 70.3 Å². The minimum atomic E-state index is -3.60. The van der Waals surface area contributed by atoms with Crippen LogP contribution in [0.1, 0.15) is 21.5 Å². The summed E-state index contributed by atoms with van der Waals surface area (Å²) in [6.07, 6.45) is 1.20. The molecule has 7 heteroatoms. The molecule has 2 aromatic carbocycles. The van der Waals surface area contributed by atoms with E-state index < -0.39 is 16.0 Å². The Bertz CT molecular complexity index is 1010. The Morgan fingerprint density at radius 2 is 1.81 bits per heavy atom. The van der Waals surface area contributed by atoms with Crippen LogP contribution in [-0.4, -0.2) is 19.5 Å². The third-order valence-electron chi connectivity index (χ3n) is 3.88. The molecule has 2 N–H and O–H groups in total.